The Bertz CT molecular complexity index is 327. The molecule has 4 heteroatoms. The van der Waals surface area contributed by atoms with E-state index in [-0.39, 0.29) is 11.4 Å². The molecule has 0 spiro atoms. The van der Waals surface area contributed by atoms with Gasteiger partial charge < -0.3 is 10.5 Å². The minimum atomic E-state index is -0.231. The van der Waals surface area contributed by atoms with Crippen LogP contribution >= 0.6 is 0 Å². The lowest BCUT2D eigenvalue weighted by molar-refractivity contribution is 0.469. The topological polar surface area (TPSA) is 80.8 Å². The lowest BCUT2D eigenvalue weighted by Crippen LogP contribution is -1.88. The van der Waals surface area contributed by atoms with Crippen molar-refractivity contribution in [3.8, 4) is 11.8 Å². The summed E-state index contributed by atoms with van der Waals surface area (Å²) in [5, 5.41) is 24.4. The summed E-state index contributed by atoms with van der Waals surface area (Å²) in [6.07, 6.45) is 2.34. The molecule has 1 aromatic heterocycles. The summed E-state index contributed by atoms with van der Waals surface area (Å²) in [5.74, 6) is -0.231. The van der Waals surface area contributed by atoms with Gasteiger partial charge in [0.25, 0.3) is 0 Å². The normalized spacial score (nSPS) is 8.64. The molecule has 0 radical (unpaired) electrons. The number of aromatic hydroxyl groups is 1. The zero-order valence-corrected chi connectivity index (χ0v) is 5.57. The lowest BCUT2D eigenvalue weighted by atomic mass is 10.2. The first-order valence-corrected chi connectivity index (χ1v) is 2.88. The number of aromatic nitrogens is 1. The van der Waals surface area contributed by atoms with E-state index in [0.29, 0.717) is 5.56 Å². The van der Waals surface area contributed by atoms with Crippen LogP contribution in [0.25, 0.3) is 0 Å². The van der Waals surface area contributed by atoms with Crippen molar-refractivity contribution >= 4 is 6.21 Å². The van der Waals surface area contributed by atoms with Crippen molar-refractivity contribution in [1.82, 2.24) is 4.98 Å². The van der Waals surface area contributed by atoms with E-state index >= 15 is 0 Å². The highest BCUT2D eigenvalue weighted by Crippen LogP contribution is 2.16. The molecule has 1 aromatic rings. The second-order valence-corrected chi connectivity index (χ2v) is 1.85. The molecular formula is C7H5N3O. The minimum Gasteiger partial charge on any atom is -0.504 e. The van der Waals surface area contributed by atoms with E-state index in [1.54, 1.807) is 6.07 Å². The smallest absolute Gasteiger partial charge is 0.183 e. The van der Waals surface area contributed by atoms with Crippen LogP contribution in [0, 0.1) is 16.7 Å². The van der Waals surface area contributed by atoms with Gasteiger partial charge in [-0.2, -0.15) is 5.26 Å². The first-order valence-electron chi connectivity index (χ1n) is 2.88. The second kappa shape index (κ2) is 2.80. The monoisotopic (exact) mass is 147 g/mol. The maximum absolute atomic E-state index is 9.15. The average molecular weight is 147 g/mol. The minimum absolute atomic E-state index is 0.0500. The van der Waals surface area contributed by atoms with Crippen LogP contribution < -0.4 is 0 Å². The fraction of sp³-hybridized carbons (Fsp3) is 0. The predicted molar refractivity (Wildman–Crippen MR) is 38.5 cm³/mol. The van der Waals surface area contributed by atoms with E-state index in [9.17, 15) is 0 Å². The highest BCUT2D eigenvalue weighted by atomic mass is 16.3. The van der Waals surface area contributed by atoms with E-state index in [1.165, 1.54) is 12.3 Å². The maximum atomic E-state index is 9.15. The van der Waals surface area contributed by atoms with E-state index in [4.69, 9.17) is 15.8 Å². The van der Waals surface area contributed by atoms with Gasteiger partial charge in [0.15, 0.2) is 11.4 Å². The van der Waals surface area contributed by atoms with Gasteiger partial charge in [0.05, 0.1) is 0 Å². The SMILES string of the molecule is N#Cc1nccc(C=N)c1O. The van der Waals surface area contributed by atoms with Gasteiger partial charge in [0, 0.05) is 18.0 Å². The van der Waals surface area contributed by atoms with Gasteiger partial charge in [0.2, 0.25) is 0 Å². The number of hydrogen-bond donors (Lipinski definition) is 2. The Labute approximate surface area is 63.3 Å². The third kappa shape index (κ3) is 1.17. The molecule has 4 nitrogen and oxygen atoms in total. The van der Waals surface area contributed by atoms with Gasteiger partial charge >= 0.3 is 0 Å². The molecule has 0 fully saturated rings. The number of hydrogen-bond acceptors (Lipinski definition) is 4. The van der Waals surface area contributed by atoms with Crippen LogP contribution in [0.5, 0.6) is 5.75 Å². The van der Waals surface area contributed by atoms with Crippen molar-refractivity contribution in [2.24, 2.45) is 0 Å². The van der Waals surface area contributed by atoms with Crippen LogP contribution in [0.4, 0.5) is 0 Å². The summed E-state index contributed by atoms with van der Waals surface area (Å²) in [6, 6.07) is 3.17. The van der Waals surface area contributed by atoms with Crippen molar-refractivity contribution in [1.29, 1.82) is 10.7 Å². The summed E-state index contributed by atoms with van der Waals surface area (Å²) in [4.78, 5) is 3.59. The van der Waals surface area contributed by atoms with E-state index in [1.807, 2.05) is 0 Å². The van der Waals surface area contributed by atoms with Crippen molar-refractivity contribution in [2.45, 2.75) is 0 Å². The molecule has 0 aliphatic carbocycles. The summed E-state index contributed by atoms with van der Waals surface area (Å²) >= 11 is 0. The fourth-order valence-electron chi connectivity index (χ4n) is 0.667. The van der Waals surface area contributed by atoms with Crippen LogP contribution in [0.1, 0.15) is 11.3 Å². The van der Waals surface area contributed by atoms with Gasteiger partial charge in [-0.3, -0.25) is 0 Å². The van der Waals surface area contributed by atoms with Crippen LogP contribution in [0.2, 0.25) is 0 Å². The number of nitriles is 1. The highest BCUT2D eigenvalue weighted by Gasteiger charge is 2.03. The molecular weight excluding hydrogens is 142 g/mol. The number of rotatable bonds is 1. The fourth-order valence-corrected chi connectivity index (χ4v) is 0.667. The number of nitrogens with one attached hydrogen (secondary N) is 1. The Hall–Kier alpha value is -1.89. The summed E-state index contributed by atoms with van der Waals surface area (Å²) < 4.78 is 0. The average Bonchev–Trinajstić information content (AvgIpc) is 2.05. The first-order chi connectivity index (χ1) is 5.29. The van der Waals surface area contributed by atoms with Gasteiger partial charge in [-0.1, -0.05) is 0 Å². The molecule has 2 N–H and O–H groups in total. The van der Waals surface area contributed by atoms with Gasteiger partial charge in [0.1, 0.15) is 6.07 Å². The maximum Gasteiger partial charge on any atom is 0.183 e. The standard InChI is InChI=1S/C7H5N3O/c8-3-5-1-2-10-6(4-9)7(5)11/h1-3,8,11H. The van der Waals surface area contributed by atoms with Gasteiger partial charge in [-0.15, -0.1) is 0 Å². The van der Waals surface area contributed by atoms with Crippen molar-refractivity contribution in [3.63, 3.8) is 0 Å². The molecule has 0 bridgehead atoms. The molecule has 0 atom stereocenters. The largest absolute Gasteiger partial charge is 0.504 e. The van der Waals surface area contributed by atoms with E-state index < -0.39 is 0 Å². The summed E-state index contributed by atoms with van der Waals surface area (Å²) in [7, 11) is 0. The molecule has 1 heterocycles. The Kier molecular flexibility index (Phi) is 1.83. The van der Waals surface area contributed by atoms with Crippen LogP contribution in [0.15, 0.2) is 12.3 Å². The third-order valence-corrected chi connectivity index (χ3v) is 1.22. The summed E-state index contributed by atoms with van der Waals surface area (Å²) in [6.45, 7) is 0. The number of pyridine rings is 1. The van der Waals surface area contributed by atoms with Crippen LogP contribution in [-0.4, -0.2) is 16.3 Å². The molecule has 0 saturated carbocycles. The molecule has 0 aliphatic heterocycles. The Morgan fingerprint density at radius 2 is 2.45 bits per heavy atom. The highest BCUT2D eigenvalue weighted by molar-refractivity contribution is 5.81. The van der Waals surface area contributed by atoms with E-state index in [2.05, 4.69) is 4.98 Å². The quantitative estimate of drug-likeness (QED) is 0.572. The Morgan fingerprint density at radius 3 is 3.00 bits per heavy atom. The lowest BCUT2D eigenvalue weighted by Gasteiger charge is -1.96. The molecule has 0 unspecified atom stereocenters. The molecule has 0 amide bonds. The molecule has 11 heavy (non-hydrogen) atoms. The third-order valence-electron chi connectivity index (χ3n) is 1.22. The van der Waals surface area contributed by atoms with E-state index in [0.717, 1.165) is 6.21 Å². The van der Waals surface area contributed by atoms with Gasteiger partial charge in [-0.25, -0.2) is 4.98 Å². The van der Waals surface area contributed by atoms with Gasteiger partial charge in [-0.05, 0) is 6.07 Å². The Balaban J connectivity index is 3.34. The molecule has 1 rings (SSSR count). The van der Waals surface area contributed by atoms with Crippen molar-refractivity contribution < 1.29 is 5.11 Å². The first kappa shape index (κ1) is 7.22. The van der Waals surface area contributed by atoms with Crippen LogP contribution in [-0.2, 0) is 0 Å². The van der Waals surface area contributed by atoms with Crippen molar-refractivity contribution in [3.05, 3.63) is 23.5 Å². The Morgan fingerprint density at radius 1 is 1.73 bits per heavy atom. The zero-order valence-electron chi connectivity index (χ0n) is 5.57. The molecule has 0 saturated heterocycles. The molecule has 0 aliphatic rings. The zero-order chi connectivity index (χ0) is 8.27. The summed E-state index contributed by atoms with van der Waals surface area (Å²) in [5.41, 5.74) is 0.252. The van der Waals surface area contributed by atoms with Crippen LogP contribution in [0.3, 0.4) is 0 Å². The predicted octanol–water partition coefficient (Wildman–Crippen LogP) is 0.657. The molecule has 0 aromatic carbocycles. The van der Waals surface area contributed by atoms with Crippen molar-refractivity contribution in [2.75, 3.05) is 0 Å². The number of nitrogens with zero attached hydrogens (tertiary/aromatic N) is 2. The second-order valence-electron chi connectivity index (χ2n) is 1.85. The molecule has 54 valence electrons.